The number of allylic oxidation sites excluding steroid dienone is 6. The van der Waals surface area contributed by atoms with Crippen LogP contribution in [0.15, 0.2) is 46.7 Å². The predicted octanol–water partition coefficient (Wildman–Crippen LogP) is 5.68. The van der Waals surface area contributed by atoms with E-state index in [2.05, 4.69) is 18.4 Å². The van der Waals surface area contributed by atoms with Gasteiger partial charge in [0.2, 0.25) is 0 Å². The fourth-order valence-corrected chi connectivity index (χ4v) is 3.32. The molecule has 1 atom stereocenters. The summed E-state index contributed by atoms with van der Waals surface area (Å²) in [6, 6.07) is 0.103. The van der Waals surface area contributed by atoms with E-state index in [0.717, 1.165) is 24.6 Å². The van der Waals surface area contributed by atoms with Crippen LogP contribution in [-0.2, 0) is 4.79 Å². The summed E-state index contributed by atoms with van der Waals surface area (Å²) in [6.07, 6.45) is 5.33. The van der Waals surface area contributed by atoms with E-state index < -0.39 is 5.92 Å². The van der Waals surface area contributed by atoms with Crippen LogP contribution in [0.3, 0.4) is 0 Å². The molecule has 0 aromatic heterocycles. The van der Waals surface area contributed by atoms with E-state index in [9.17, 15) is 18.7 Å². The Balaban J connectivity index is 5.68. The van der Waals surface area contributed by atoms with E-state index in [-0.39, 0.29) is 23.6 Å². The molecule has 5 heteroatoms. The molecule has 0 bridgehead atoms. The highest BCUT2D eigenvalue weighted by Gasteiger charge is 2.29. The van der Waals surface area contributed by atoms with E-state index in [1.165, 1.54) is 6.08 Å². The Bertz CT molecular complexity index is 652. The number of alkyl halides is 2. The average Bonchev–Trinajstić information content (AvgIpc) is 2.57. The summed E-state index contributed by atoms with van der Waals surface area (Å²) in [7, 11) is 1.94. The third-order valence-electron chi connectivity index (χ3n) is 5.47. The van der Waals surface area contributed by atoms with Crippen molar-refractivity contribution < 1.29 is 18.7 Å². The lowest BCUT2D eigenvalue weighted by Crippen LogP contribution is -2.33. The number of nitrogens with zero attached hydrogens (tertiary/aromatic N) is 1. The first-order valence-corrected chi connectivity index (χ1v) is 9.67. The maximum atomic E-state index is 13.8. The molecule has 0 rings (SSSR count). The Morgan fingerprint density at radius 3 is 2.11 bits per heavy atom. The molecule has 3 nitrogen and oxygen atoms in total. The number of aldehydes is 1. The minimum absolute atomic E-state index is 0.0721. The topological polar surface area (TPSA) is 40.5 Å². The van der Waals surface area contributed by atoms with Crippen molar-refractivity contribution in [2.75, 3.05) is 13.7 Å². The third-order valence-corrected chi connectivity index (χ3v) is 5.47. The molecule has 0 saturated heterocycles. The summed E-state index contributed by atoms with van der Waals surface area (Å²) >= 11 is 0. The van der Waals surface area contributed by atoms with E-state index in [1.54, 1.807) is 13.0 Å². The van der Waals surface area contributed by atoms with Crippen molar-refractivity contribution in [3.8, 4) is 0 Å². The highest BCUT2D eigenvalue weighted by atomic mass is 19.3. The van der Waals surface area contributed by atoms with Crippen LogP contribution in [0.25, 0.3) is 0 Å². The van der Waals surface area contributed by atoms with Crippen LogP contribution in [0.4, 0.5) is 8.78 Å². The van der Waals surface area contributed by atoms with Crippen LogP contribution in [0.1, 0.15) is 61.3 Å². The normalized spacial score (nSPS) is 15.8. The first kappa shape index (κ1) is 26.2. The number of carbonyl (C=O) groups excluding carboxylic acids is 1. The molecule has 1 unspecified atom stereocenters. The predicted molar refractivity (Wildman–Crippen MR) is 113 cm³/mol. The molecule has 28 heavy (non-hydrogen) atoms. The number of aliphatic hydroxyl groups excluding tert-OH is 1. The lowest BCUT2D eigenvalue weighted by Gasteiger charge is -2.36. The van der Waals surface area contributed by atoms with E-state index >= 15 is 0 Å². The maximum absolute atomic E-state index is 13.8. The van der Waals surface area contributed by atoms with Gasteiger partial charge in [-0.25, -0.2) is 8.78 Å². The van der Waals surface area contributed by atoms with Gasteiger partial charge in [-0.15, -0.1) is 0 Å². The second-order valence-corrected chi connectivity index (χ2v) is 8.23. The summed E-state index contributed by atoms with van der Waals surface area (Å²) in [5, 5.41) is 9.38. The summed E-state index contributed by atoms with van der Waals surface area (Å²) in [5.74, 6) is -2.94. The maximum Gasteiger partial charge on any atom is 0.270 e. The second-order valence-electron chi connectivity index (χ2n) is 8.23. The monoisotopic (exact) mass is 397 g/mol. The van der Waals surface area contributed by atoms with Crippen molar-refractivity contribution in [3.05, 3.63) is 46.7 Å². The molecule has 0 saturated carbocycles. The minimum atomic E-state index is -2.94. The Hall–Kier alpha value is -1.75. The first-order valence-electron chi connectivity index (χ1n) is 9.67. The highest BCUT2D eigenvalue weighted by Crippen LogP contribution is 2.35. The van der Waals surface area contributed by atoms with Crippen molar-refractivity contribution in [1.29, 1.82) is 0 Å². The van der Waals surface area contributed by atoms with Crippen LogP contribution >= 0.6 is 0 Å². The molecule has 0 aliphatic heterocycles. The van der Waals surface area contributed by atoms with Gasteiger partial charge in [0, 0.05) is 36.9 Å². The van der Waals surface area contributed by atoms with Crippen molar-refractivity contribution in [3.63, 3.8) is 0 Å². The van der Waals surface area contributed by atoms with Gasteiger partial charge in [-0.2, -0.15) is 0 Å². The number of hydrogen-bond donors (Lipinski definition) is 1. The number of hydrogen-bond acceptors (Lipinski definition) is 3. The lowest BCUT2D eigenvalue weighted by atomic mass is 9.77. The van der Waals surface area contributed by atoms with Crippen molar-refractivity contribution in [1.82, 2.24) is 4.90 Å². The smallest absolute Gasteiger partial charge is 0.270 e. The largest absolute Gasteiger partial charge is 0.392 e. The highest BCUT2D eigenvalue weighted by molar-refractivity contribution is 5.75. The van der Waals surface area contributed by atoms with Crippen LogP contribution in [0.5, 0.6) is 0 Å². The van der Waals surface area contributed by atoms with Crippen molar-refractivity contribution in [2.45, 2.75) is 73.3 Å². The number of carbonyl (C=O) groups is 1. The van der Waals surface area contributed by atoms with Gasteiger partial charge in [-0.3, -0.25) is 4.79 Å². The van der Waals surface area contributed by atoms with Gasteiger partial charge in [0.1, 0.15) is 6.29 Å². The standard InChI is InChI=1S/C23H37F2NO2/c1-10-20(11-12-21(16(2)3)23(8,24)25)26(9)17(4)13-22(6,7)18(5)19(14-27)15-28/h11-12,14,17,28H,2,10,13,15H2,1,3-9H3/b19-18+,20-11+,21-12+. The van der Waals surface area contributed by atoms with Crippen molar-refractivity contribution >= 4 is 6.29 Å². The van der Waals surface area contributed by atoms with Gasteiger partial charge >= 0.3 is 0 Å². The van der Waals surface area contributed by atoms with Gasteiger partial charge in [-0.1, -0.05) is 39.0 Å². The molecule has 0 spiro atoms. The van der Waals surface area contributed by atoms with Crippen molar-refractivity contribution in [2.24, 2.45) is 5.41 Å². The molecule has 160 valence electrons. The Kier molecular flexibility index (Phi) is 10.0. The van der Waals surface area contributed by atoms with Gasteiger partial charge in [0.15, 0.2) is 0 Å². The average molecular weight is 398 g/mol. The van der Waals surface area contributed by atoms with Crippen LogP contribution in [-0.4, -0.2) is 41.9 Å². The fraction of sp³-hybridized carbons (Fsp3) is 0.609. The Morgan fingerprint density at radius 2 is 1.75 bits per heavy atom. The zero-order valence-electron chi connectivity index (χ0n) is 18.7. The molecular weight excluding hydrogens is 360 g/mol. The van der Waals surface area contributed by atoms with Crippen LogP contribution in [0.2, 0.25) is 0 Å². The molecule has 0 fully saturated rings. The molecular formula is C23H37F2NO2. The fourth-order valence-electron chi connectivity index (χ4n) is 3.32. The summed E-state index contributed by atoms with van der Waals surface area (Å²) in [5.41, 5.74) is 2.19. The first-order chi connectivity index (χ1) is 12.7. The summed E-state index contributed by atoms with van der Waals surface area (Å²) in [6.45, 7) is 15.8. The summed E-state index contributed by atoms with van der Waals surface area (Å²) < 4.78 is 27.6. The van der Waals surface area contributed by atoms with Gasteiger partial charge < -0.3 is 10.0 Å². The second kappa shape index (κ2) is 10.7. The number of aliphatic hydroxyl groups is 1. The molecule has 0 aromatic rings. The molecule has 0 heterocycles. The Labute approximate surface area is 169 Å². The molecule has 0 aliphatic carbocycles. The molecule has 0 amide bonds. The minimum Gasteiger partial charge on any atom is -0.392 e. The zero-order chi connectivity index (χ0) is 22.3. The quantitative estimate of drug-likeness (QED) is 0.277. The SMILES string of the molecule is C=C(C)/C(=C\C=C(/CC)N(C)C(C)CC(C)(C)/C(C)=C(\C=O)CO)C(C)(F)F. The molecule has 0 aromatic carbocycles. The Morgan fingerprint density at radius 1 is 1.21 bits per heavy atom. The van der Waals surface area contributed by atoms with E-state index in [0.29, 0.717) is 23.9 Å². The summed E-state index contributed by atoms with van der Waals surface area (Å²) in [4.78, 5) is 13.2. The van der Waals surface area contributed by atoms with Gasteiger partial charge in [0.05, 0.1) is 6.61 Å². The number of rotatable bonds is 11. The van der Waals surface area contributed by atoms with Crippen LogP contribution < -0.4 is 0 Å². The van der Waals surface area contributed by atoms with Crippen LogP contribution in [0, 0.1) is 5.41 Å². The van der Waals surface area contributed by atoms with E-state index in [4.69, 9.17) is 0 Å². The van der Waals surface area contributed by atoms with Gasteiger partial charge in [-0.05, 0) is 50.7 Å². The third kappa shape index (κ3) is 7.34. The number of halogens is 2. The molecule has 1 N–H and O–H groups in total. The molecule has 0 radical (unpaired) electrons. The molecule has 0 aliphatic rings. The zero-order valence-corrected chi connectivity index (χ0v) is 18.7. The lowest BCUT2D eigenvalue weighted by molar-refractivity contribution is -0.105. The van der Waals surface area contributed by atoms with Gasteiger partial charge in [0.25, 0.3) is 5.92 Å². The van der Waals surface area contributed by atoms with E-state index in [1.807, 2.05) is 34.7 Å².